The Labute approximate surface area is 259 Å². The molecule has 0 heterocycles. The van der Waals surface area contributed by atoms with E-state index in [1.54, 1.807) is 20.8 Å². The fourth-order valence-electron chi connectivity index (χ4n) is 7.72. The molecule has 0 aromatic heterocycles. The van der Waals surface area contributed by atoms with E-state index in [1.165, 1.54) is 19.3 Å². The molecule has 4 aliphatic rings. The number of hydrogen-bond donors (Lipinski definition) is 4. The molecule has 5 N–H and O–H groups in total. The van der Waals surface area contributed by atoms with Crippen molar-refractivity contribution in [2.24, 2.45) is 28.9 Å². The summed E-state index contributed by atoms with van der Waals surface area (Å²) in [7, 11) is 0. The largest absolute Gasteiger partial charge is 0.453 e. The summed E-state index contributed by atoms with van der Waals surface area (Å²) in [5.74, 6) is -1.37. The number of hydrogen-bond acceptors (Lipinski definition) is 7. The topological polar surface area (TPSA) is 166 Å². The number of rotatable bonds is 13. The molecule has 242 valence electrons. The van der Waals surface area contributed by atoms with Gasteiger partial charge in [-0.1, -0.05) is 30.3 Å². The van der Waals surface area contributed by atoms with Gasteiger partial charge in [-0.05, 0) is 114 Å². The third-order valence-corrected chi connectivity index (χ3v) is 9.07. The van der Waals surface area contributed by atoms with Crippen LogP contribution in [0.5, 0.6) is 0 Å². The number of ether oxygens (including phenoxy) is 2. The Kier molecular flexibility index (Phi) is 10.9. The summed E-state index contributed by atoms with van der Waals surface area (Å²) in [5, 5.41) is 8.05. The van der Waals surface area contributed by atoms with Crippen molar-refractivity contribution in [3.8, 4) is 0 Å². The van der Waals surface area contributed by atoms with Crippen molar-refractivity contribution in [3.05, 3.63) is 35.9 Å². The molecule has 5 rings (SSSR count). The molecule has 4 bridgehead atoms. The summed E-state index contributed by atoms with van der Waals surface area (Å²) in [5.41, 5.74) is 5.58. The van der Waals surface area contributed by atoms with E-state index in [-0.39, 0.29) is 18.4 Å². The lowest BCUT2D eigenvalue weighted by atomic mass is 9.48. The number of nitrogens with one attached hydrogen (secondary N) is 3. The number of esters is 1. The quantitative estimate of drug-likeness (QED) is 0.150. The SMILES string of the molecule is CC(C)(C)OC(=O)C(=O)N[C@@H](CC12CC3CC(CC(C3)C1)C2)C(=O)N[C@@H](CCCCNC(=O)OCc1ccccc1)C(N)=O. The van der Waals surface area contributed by atoms with Gasteiger partial charge < -0.3 is 31.2 Å². The van der Waals surface area contributed by atoms with Crippen molar-refractivity contribution in [1.29, 1.82) is 0 Å². The first-order valence-corrected chi connectivity index (χ1v) is 15.9. The Bertz CT molecular complexity index is 1160. The second kappa shape index (κ2) is 14.4. The van der Waals surface area contributed by atoms with Crippen LogP contribution in [0.15, 0.2) is 30.3 Å². The summed E-state index contributed by atoms with van der Waals surface area (Å²) < 4.78 is 10.4. The molecule has 11 heteroatoms. The van der Waals surface area contributed by atoms with Gasteiger partial charge in [0.05, 0.1) is 0 Å². The van der Waals surface area contributed by atoms with E-state index < -0.39 is 47.5 Å². The highest BCUT2D eigenvalue weighted by molar-refractivity contribution is 6.33. The van der Waals surface area contributed by atoms with Crippen LogP contribution in [0.25, 0.3) is 0 Å². The standard InChI is InChI=1S/C33H48N4O7/c1-32(2,3)44-30(41)29(40)37-26(19-33-16-22-13-23(17-33)15-24(14-22)18-33)28(39)36-25(27(34)38)11-7-8-12-35-31(42)43-20-21-9-5-4-6-10-21/h4-6,9-10,22-26H,7-8,11-20H2,1-3H3,(H2,34,38)(H,35,42)(H,36,39)(H,37,40)/t22?,23?,24?,25-,26-,33?/m0/s1. The number of benzene rings is 1. The number of unbranched alkanes of at least 4 members (excludes halogenated alkanes) is 1. The zero-order valence-corrected chi connectivity index (χ0v) is 26.2. The van der Waals surface area contributed by atoms with Gasteiger partial charge in [0.1, 0.15) is 24.3 Å². The molecular formula is C33H48N4O7. The van der Waals surface area contributed by atoms with E-state index in [9.17, 15) is 24.0 Å². The van der Waals surface area contributed by atoms with Crippen LogP contribution in [-0.4, -0.2) is 54.0 Å². The van der Waals surface area contributed by atoms with E-state index >= 15 is 0 Å². The average molecular weight is 613 g/mol. The van der Waals surface area contributed by atoms with E-state index in [2.05, 4.69) is 16.0 Å². The van der Waals surface area contributed by atoms with Crippen molar-refractivity contribution in [2.45, 2.75) is 109 Å². The lowest BCUT2D eigenvalue weighted by Crippen LogP contribution is -2.57. The zero-order valence-electron chi connectivity index (χ0n) is 26.2. The fourth-order valence-corrected chi connectivity index (χ4v) is 7.72. The third-order valence-electron chi connectivity index (χ3n) is 9.07. The lowest BCUT2D eigenvalue weighted by Gasteiger charge is -2.57. The van der Waals surface area contributed by atoms with Gasteiger partial charge in [0.2, 0.25) is 11.8 Å². The molecule has 4 fully saturated rings. The predicted octanol–water partition coefficient (Wildman–Crippen LogP) is 3.49. The van der Waals surface area contributed by atoms with Crippen LogP contribution in [0.3, 0.4) is 0 Å². The molecule has 0 saturated heterocycles. The fraction of sp³-hybridized carbons (Fsp3) is 0.667. The maximum atomic E-state index is 13.6. The molecule has 11 nitrogen and oxygen atoms in total. The smallest absolute Gasteiger partial charge is 0.407 e. The van der Waals surface area contributed by atoms with Crippen LogP contribution in [0, 0.1) is 23.2 Å². The van der Waals surface area contributed by atoms with Gasteiger partial charge in [-0.2, -0.15) is 0 Å². The van der Waals surface area contributed by atoms with E-state index in [0.717, 1.165) is 24.8 Å². The predicted molar refractivity (Wildman–Crippen MR) is 163 cm³/mol. The molecule has 44 heavy (non-hydrogen) atoms. The molecule has 0 unspecified atom stereocenters. The van der Waals surface area contributed by atoms with Crippen LogP contribution >= 0.6 is 0 Å². The van der Waals surface area contributed by atoms with Gasteiger partial charge in [-0.3, -0.25) is 14.4 Å². The van der Waals surface area contributed by atoms with Gasteiger partial charge >= 0.3 is 18.0 Å². The van der Waals surface area contributed by atoms with Crippen molar-refractivity contribution in [3.63, 3.8) is 0 Å². The molecule has 0 aliphatic heterocycles. The number of amides is 4. The van der Waals surface area contributed by atoms with Crippen LogP contribution < -0.4 is 21.7 Å². The first-order chi connectivity index (χ1) is 20.8. The molecule has 4 amide bonds. The summed E-state index contributed by atoms with van der Waals surface area (Å²) in [6, 6.07) is 7.37. The Morgan fingerprint density at radius 2 is 1.52 bits per heavy atom. The third kappa shape index (κ3) is 9.69. The summed E-state index contributed by atoms with van der Waals surface area (Å²) in [4.78, 5) is 63.3. The van der Waals surface area contributed by atoms with Crippen LogP contribution in [-0.2, 0) is 35.3 Å². The van der Waals surface area contributed by atoms with Crippen molar-refractivity contribution >= 4 is 29.8 Å². The van der Waals surface area contributed by atoms with Crippen LogP contribution in [0.1, 0.15) is 90.5 Å². The van der Waals surface area contributed by atoms with E-state index in [1.807, 2.05) is 30.3 Å². The normalized spacial score (nSPS) is 24.9. The molecular weight excluding hydrogens is 564 g/mol. The number of alkyl carbamates (subject to hydrolysis) is 1. The molecule has 4 saturated carbocycles. The second-order valence-corrected chi connectivity index (χ2v) is 14.1. The molecule has 1 aromatic carbocycles. The monoisotopic (exact) mass is 612 g/mol. The van der Waals surface area contributed by atoms with Gasteiger partial charge in [0.15, 0.2) is 0 Å². The minimum absolute atomic E-state index is 0.0824. The van der Waals surface area contributed by atoms with Crippen LogP contribution in [0.2, 0.25) is 0 Å². The second-order valence-electron chi connectivity index (χ2n) is 14.1. The van der Waals surface area contributed by atoms with Crippen molar-refractivity contribution < 1.29 is 33.4 Å². The number of carbonyl (C=O) groups is 5. The Hall–Kier alpha value is -3.63. The number of carbonyl (C=O) groups excluding carboxylic acids is 5. The Morgan fingerprint density at radius 3 is 2.09 bits per heavy atom. The number of nitrogens with two attached hydrogens (primary N) is 1. The first kappa shape index (κ1) is 33.3. The van der Waals surface area contributed by atoms with E-state index in [4.69, 9.17) is 15.2 Å². The first-order valence-electron chi connectivity index (χ1n) is 15.9. The highest BCUT2D eigenvalue weighted by atomic mass is 16.6. The van der Waals surface area contributed by atoms with Gasteiger partial charge in [-0.15, -0.1) is 0 Å². The van der Waals surface area contributed by atoms with Gasteiger partial charge in [0, 0.05) is 6.54 Å². The van der Waals surface area contributed by atoms with Crippen molar-refractivity contribution in [1.82, 2.24) is 16.0 Å². The lowest BCUT2D eigenvalue weighted by molar-refractivity contribution is -0.164. The molecule has 4 aliphatic carbocycles. The maximum absolute atomic E-state index is 13.6. The van der Waals surface area contributed by atoms with Gasteiger partial charge in [-0.25, -0.2) is 9.59 Å². The molecule has 0 spiro atoms. The number of primary amides is 1. The van der Waals surface area contributed by atoms with Crippen molar-refractivity contribution in [2.75, 3.05) is 6.54 Å². The molecule has 2 atom stereocenters. The van der Waals surface area contributed by atoms with E-state index in [0.29, 0.717) is 43.6 Å². The Balaban J connectivity index is 1.31. The highest BCUT2D eigenvalue weighted by Crippen LogP contribution is 2.61. The van der Waals surface area contributed by atoms with Gasteiger partial charge in [0.25, 0.3) is 0 Å². The summed E-state index contributed by atoms with van der Waals surface area (Å²) in [6.45, 7) is 5.49. The molecule has 0 radical (unpaired) electrons. The Morgan fingerprint density at radius 1 is 0.909 bits per heavy atom. The highest BCUT2D eigenvalue weighted by Gasteiger charge is 2.52. The minimum atomic E-state index is -1.05. The van der Waals surface area contributed by atoms with Crippen LogP contribution in [0.4, 0.5) is 4.79 Å². The maximum Gasteiger partial charge on any atom is 0.407 e. The molecule has 1 aromatic rings. The summed E-state index contributed by atoms with van der Waals surface area (Å²) in [6.07, 6.45) is 7.84. The average Bonchev–Trinajstić information content (AvgIpc) is 2.93. The zero-order chi connectivity index (χ0) is 31.9. The minimum Gasteiger partial charge on any atom is -0.453 e. The summed E-state index contributed by atoms with van der Waals surface area (Å²) >= 11 is 0.